The fourth-order valence-electron chi connectivity index (χ4n) is 3.60. The van der Waals surface area contributed by atoms with Crippen LogP contribution in [-0.4, -0.2) is 24.6 Å². The third-order valence-electron chi connectivity index (χ3n) is 5.11. The Kier molecular flexibility index (Phi) is 6.11. The molecule has 0 radical (unpaired) electrons. The number of anilines is 1. The van der Waals surface area contributed by atoms with Gasteiger partial charge in [-0.2, -0.15) is 0 Å². The molecule has 2 amide bonds. The summed E-state index contributed by atoms with van der Waals surface area (Å²) < 4.78 is 24.7. The first-order valence-corrected chi connectivity index (χ1v) is 10.8. The van der Waals surface area contributed by atoms with Crippen LogP contribution in [0.5, 0.6) is 0 Å². The topological polar surface area (TPSA) is 80.6 Å². The van der Waals surface area contributed by atoms with Gasteiger partial charge in [-0.1, -0.05) is 18.2 Å². The van der Waals surface area contributed by atoms with Crippen LogP contribution < -0.4 is 10.6 Å². The van der Waals surface area contributed by atoms with Gasteiger partial charge >= 0.3 is 6.09 Å². The second-order valence-corrected chi connectivity index (χ2v) is 8.81. The molecule has 3 aromatic carbocycles. The number of furan rings is 1. The van der Waals surface area contributed by atoms with Crippen LogP contribution in [0.2, 0.25) is 0 Å². The monoisotopic (exact) mass is 460 g/mol. The van der Waals surface area contributed by atoms with E-state index in [1.165, 1.54) is 12.1 Å². The zero-order valence-corrected chi connectivity index (χ0v) is 19.4. The highest BCUT2D eigenvalue weighted by atomic mass is 19.1. The van der Waals surface area contributed by atoms with Crippen LogP contribution >= 0.6 is 0 Å². The molecule has 0 saturated carbocycles. The molecule has 0 aliphatic carbocycles. The lowest BCUT2D eigenvalue weighted by Crippen LogP contribution is -2.27. The predicted octanol–water partition coefficient (Wildman–Crippen LogP) is 6.61. The van der Waals surface area contributed by atoms with Crippen LogP contribution in [0.25, 0.3) is 33.4 Å². The Balaban J connectivity index is 1.68. The van der Waals surface area contributed by atoms with Crippen LogP contribution in [0.4, 0.5) is 14.9 Å². The molecule has 0 saturated heterocycles. The van der Waals surface area contributed by atoms with E-state index in [1.807, 2.05) is 24.3 Å². The van der Waals surface area contributed by atoms with Crippen molar-refractivity contribution in [3.63, 3.8) is 0 Å². The third-order valence-corrected chi connectivity index (χ3v) is 5.11. The van der Waals surface area contributed by atoms with E-state index < -0.39 is 11.7 Å². The average molecular weight is 461 g/mol. The van der Waals surface area contributed by atoms with E-state index in [2.05, 4.69) is 10.6 Å². The normalized spacial score (nSPS) is 11.3. The SMILES string of the molecule is CNC(=O)c1c(-c2ccc(F)cc2)oc2ccc(-c3ccc(NC(=O)OC(C)(C)C)cc3)cc12. The first-order valence-electron chi connectivity index (χ1n) is 10.8. The second kappa shape index (κ2) is 9.02. The molecule has 0 unspecified atom stereocenters. The lowest BCUT2D eigenvalue weighted by molar-refractivity contribution is 0.0635. The van der Waals surface area contributed by atoms with Crippen molar-refractivity contribution in [1.82, 2.24) is 5.32 Å². The van der Waals surface area contributed by atoms with Gasteiger partial charge in [0.1, 0.15) is 22.8 Å². The van der Waals surface area contributed by atoms with E-state index >= 15 is 0 Å². The number of amides is 2. The van der Waals surface area contributed by atoms with E-state index in [1.54, 1.807) is 58.2 Å². The average Bonchev–Trinajstić information content (AvgIpc) is 3.17. The quantitative estimate of drug-likeness (QED) is 0.359. The molecule has 6 nitrogen and oxygen atoms in total. The minimum absolute atomic E-state index is 0.299. The molecule has 0 bridgehead atoms. The molecule has 4 aromatic rings. The minimum atomic E-state index is -0.584. The van der Waals surface area contributed by atoms with Crippen LogP contribution in [0.15, 0.2) is 71.1 Å². The van der Waals surface area contributed by atoms with Crippen LogP contribution in [0.1, 0.15) is 31.1 Å². The van der Waals surface area contributed by atoms with Crippen molar-refractivity contribution in [3.8, 4) is 22.5 Å². The van der Waals surface area contributed by atoms with Crippen molar-refractivity contribution in [3.05, 3.63) is 78.1 Å². The fourth-order valence-corrected chi connectivity index (χ4v) is 3.60. The van der Waals surface area contributed by atoms with Crippen LogP contribution in [0, 0.1) is 5.82 Å². The molecule has 1 heterocycles. The first kappa shape index (κ1) is 23.0. The van der Waals surface area contributed by atoms with Gasteiger partial charge in [0.05, 0.1) is 5.56 Å². The summed E-state index contributed by atoms with van der Waals surface area (Å²) in [7, 11) is 1.55. The summed E-state index contributed by atoms with van der Waals surface area (Å²) in [5.74, 6) is -0.288. The number of benzene rings is 3. The molecule has 0 fully saturated rings. The van der Waals surface area contributed by atoms with Crippen molar-refractivity contribution < 1.29 is 23.1 Å². The van der Waals surface area contributed by atoms with Gasteiger partial charge in [0.25, 0.3) is 5.91 Å². The van der Waals surface area contributed by atoms with Gasteiger partial charge in [-0.05, 0) is 80.4 Å². The summed E-state index contributed by atoms with van der Waals surface area (Å²) in [6, 6.07) is 18.7. The van der Waals surface area contributed by atoms with Gasteiger partial charge in [0.15, 0.2) is 0 Å². The summed E-state index contributed by atoms with van der Waals surface area (Å²) in [5.41, 5.74) is 3.32. The van der Waals surface area contributed by atoms with Crippen molar-refractivity contribution in [2.24, 2.45) is 0 Å². The Morgan fingerprint density at radius 3 is 2.12 bits per heavy atom. The summed E-state index contributed by atoms with van der Waals surface area (Å²) in [6.45, 7) is 5.41. The zero-order chi connectivity index (χ0) is 24.5. The standard InChI is InChI=1S/C27H25FN2O4/c1-27(2,3)34-26(32)30-20-12-7-16(8-13-20)18-9-14-22-21(15-18)23(25(31)29-4)24(33-22)17-5-10-19(28)11-6-17/h5-15H,1-4H3,(H,29,31)(H,30,32). The summed E-state index contributed by atoms with van der Waals surface area (Å²) >= 11 is 0. The van der Waals surface area contributed by atoms with E-state index in [-0.39, 0.29) is 11.7 Å². The number of fused-ring (bicyclic) bond motifs is 1. The van der Waals surface area contributed by atoms with E-state index in [9.17, 15) is 14.0 Å². The Bertz CT molecular complexity index is 1350. The molecule has 4 rings (SSSR count). The maximum Gasteiger partial charge on any atom is 0.412 e. The Morgan fingerprint density at radius 2 is 1.50 bits per heavy atom. The number of hydrogen-bond donors (Lipinski definition) is 2. The van der Waals surface area contributed by atoms with Crippen LogP contribution in [-0.2, 0) is 4.74 Å². The number of halogens is 1. The largest absolute Gasteiger partial charge is 0.455 e. The van der Waals surface area contributed by atoms with Gasteiger partial charge in [0, 0.05) is 23.7 Å². The lowest BCUT2D eigenvalue weighted by Gasteiger charge is -2.19. The highest BCUT2D eigenvalue weighted by molar-refractivity contribution is 6.11. The highest BCUT2D eigenvalue weighted by Crippen LogP contribution is 2.36. The van der Waals surface area contributed by atoms with Crippen molar-refractivity contribution in [1.29, 1.82) is 0 Å². The fraction of sp³-hybridized carbons (Fsp3) is 0.185. The summed E-state index contributed by atoms with van der Waals surface area (Å²) in [6.07, 6.45) is -0.524. The van der Waals surface area contributed by atoms with E-state index in [0.29, 0.717) is 33.5 Å². The molecule has 0 aliphatic heterocycles. The molecule has 174 valence electrons. The van der Waals surface area contributed by atoms with E-state index in [0.717, 1.165) is 11.1 Å². The van der Waals surface area contributed by atoms with Crippen LogP contribution in [0.3, 0.4) is 0 Å². The minimum Gasteiger partial charge on any atom is -0.455 e. The van der Waals surface area contributed by atoms with Gasteiger partial charge in [-0.15, -0.1) is 0 Å². The summed E-state index contributed by atoms with van der Waals surface area (Å²) in [5, 5.41) is 6.01. The number of ether oxygens (including phenoxy) is 1. The Morgan fingerprint density at radius 1 is 0.882 bits per heavy atom. The molecule has 7 heteroatoms. The maximum atomic E-state index is 13.4. The number of rotatable bonds is 4. The highest BCUT2D eigenvalue weighted by Gasteiger charge is 2.22. The van der Waals surface area contributed by atoms with E-state index in [4.69, 9.17) is 9.15 Å². The summed E-state index contributed by atoms with van der Waals surface area (Å²) in [4.78, 5) is 24.7. The first-order chi connectivity index (χ1) is 16.1. The smallest absolute Gasteiger partial charge is 0.412 e. The zero-order valence-electron chi connectivity index (χ0n) is 19.4. The van der Waals surface area contributed by atoms with Gasteiger partial charge in [0.2, 0.25) is 0 Å². The van der Waals surface area contributed by atoms with Crippen molar-refractivity contribution in [2.75, 3.05) is 12.4 Å². The molecule has 34 heavy (non-hydrogen) atoms. The molecule has 0 atom stereocenters. The predicted molar refractivity (Wildman–Crippen MR) is 130 cm³/mol. The molecular formula is C27H25FN2O4. The molecule has 0 aliphatic rings. The van der Waals surface area contributed by atoms with Crippen molar-refractivity contribution >= 4 is 28.7 Å². The van der Waals surface area contributed by atoms with Gasteiger partial charge in [-0.25, -0.2) is 9.18 Å². The molecule has 1 aromatic heterocycles. The molecular weight excluding hydrogens is 435 g/mol. The maximum absolute atomic E-state index is 13.4. The number of carbonyl (C=O) groups excluding carboxylic acids is 2. The Labute approximate surface area is 196 Å². The number of hydrogen-bond acceptors (Lipinski definition) is 4. The number of carbonyl (C=O) groups is 2. The molecule has 0 spiro atoms. The molecule has 2 N–H and O–H groups in total. The van der Waals surface area contributed by atoms with Gasteiger partial charge in [-0.3, -0.25) is 10.1 Å². The Hall–Kier alpha value is -4.13. The van der Waals surface area contributed by atoms with Crippen molar-refractivity contribution in [2.45, 2.75) is 26.4 Å². The van der Waals surface area contributed by atoms with Gasteiger partial charge < -0.3 is 14.5 Å². The number of nitrogens with one attached hydrogen (secondary N) is 2. The second-order valence-electron chi connectivity index (χ2n) is 8.81. The lowest BCUT2D eigenvalue weighted by atomic mass is 10.00. The third kappa shape index (κ3) is 4.93.